The van der Waals surface area contributed by atoms with E-state index in [-0.39, 0.29) is 11.9 Å². The van der Waals surface area contributed by atoms with E-state index in [0.717, 1.165) is 23.5 Å². The number of hydrogen-bond acceptors (Lipinski definition) is 3. The highest BCUT2D eigenvalue weighted by Crippen LogP contribution is 2.54. The van der Waals surface area contributed by atoms with E-state index in [1.165, 1.54) is 43.2 Å². The molecule has 2 heterocycles. The third-order valence-electron chi connectivity index (χ3n) is 7.39. The summed E-state index contributed by atoms with van der Waals surface area (Å²) in [5.74, 6) is 1.54. The molecule has 6 nitrogen and oxygen atoms in total. The van der Waals surface area contributed by atoms with Gasteiger partial charge in [0, 0.05) is 36.5 Å². The van der Waals surface area contributed by atoms with Crippen LogP contribution in [0.5, 0.6) is 0 Å². The van der Waals surface area contributed by atoms with Crippen molar-refractivity contribution in [3.05, 3.63) is 70.4 Å². The molecular formula is C28H36N5O+. The summed E-state index contributed by atoms with van der Waals surface area (Å²) in [4.78, 5) is 21.1. The molecule has 1 unspecified atom stereocenters. The first-order valence-electron chi connectivity index (χ1n) is 12.4. The fraction of sp³-hybridized carbons (Fsp3) is 0.464. The zero-order chi connectivity index (χ0) is 24.1. The molecule has 0 saturated heterocycles. The van der Waals surface area contributed by atoms with Gasteiger partial charge in [0.15, 0.2) is 0 Å². The van der Waals surface area contributed by atoms with Crippen LogP contribution in [0.15, 0.2) is 48.4 Å². The largest absolute Gasteiger partial charge is 0.382 e. The Morgan fingerprint density at radius 1 is 1.38 bits per heavy atom. The van der Waals surface area contributed by atoms with E-state index in [0.29, 0.717) is 24.3 Å². The number of nitrogens with one attached hydrogen (secondary N) is 2. The molecule has 2 aliphatic carbocycles. The van der Waals surface area contributed by atoms with Crippen molar-refractivity contribution in [2.24, 2.45) is 5.41 Å². The van der Waals surface area contributed by atoms with E-state index in [2.05, 4.69) is 53.1 Å². The topological polar surface area (TPSA) is 63.3 Å². The summed E-state index contributed by atoms with van der Waals surface area (Å²) in [5, 5.41) is 6.37. The van der Waals surface area contributed by atoms with Crippen molar-refractivity contribution in [2.75, 3.05) is 6.54 Å². The van der Waals surface area contributed by atoms with Crippen LogP contribution in [-0.4, -0.2) is 22.0 Å². The van der Waals surface area contributed by atoms with Crippen molar-refractivity contribution in [1.82, 2.24) is 20.2 Å². The summed E-state index contributed by atoms with van der Waals surface area (Å²) in [7, 11) is 0. The smallest absolute Gasteiger partial charge is 0.305 e. The normalized spacial score (nSPS) is 21.4. The number of fused-ring (bicyclic) bond motifs is 1. The van der Waals surface area contributed by atoms with Crippen LogP contribution in [0.25, 0.3) is 16.6 Å². The summed E-state index contributed by atoms with van der Waals surface area (Å²) < 4.78 is 2.30. The van der Waals surface area contributed by atoms with Gasteiger partial charge in [-0.2, -0.15) is 0 Å². The summed E-state index contributed by atoms with van der Waals surface area (Å²) in [6.45, 7) is 12.3. The number of allylic oxidation sites excluding steroid dienone is 5. The Morgan fingerprint density at radius 3 is 2.88 bits per heavy atom. The van der Waals surface area contributed by atoms with Crippen LogP contribution < -0.4 is 10.6 Å². The van der Waals surface area contributed by atoms with E-state index in [4.69, 9.17) is 11.6 Å². The fourth-order valence-corrected chi connectivity index (χ4v) is 5.11. The summed E-state index contributed by atoms with van der Waals surface area (Å²) in [6, 6.07) is 0.192. The maximum atomic E-state index is 12.5. The highest BCUT2D eigenvalue weighted by Gasteiger charge is 2.42. The summed E-state index contributed by atoms with van der Waals surface area (Å²) in [5.41, 5.74) is 4.82. The van der Waals surface area contributed by atoms with Gasteiger partial charge in [-0.3, -0.25) is 4.79 Å². The molecular weight excluding hydrogens is 422 g/mol. The minimum atomic E-state index is -0.0270. The van der Waals surface area contributed by atoms with E-state index in [1.54, 1.807) is 12.2 Å². The van der Waals surface area contributed by atoms with Gasteiger partial charge in [0.05, 0.1) is 17.4 Å². The maximum absolute atomic E-state index is 12.5. The third kappa shape index (κ3) is 5.09. The van der Waals surface area contributed by atoms with Gasteiger partial charge < -0.3 is 15.2 Å². The predicted molar refractivity (Wildman–Crippen MR) is 139 cm³/mol. The Bertz CT molecular complexity index is 1120. The first-order chi connectivity index (χ1) is 16.5. The predicted octanol–water partition coefficient (Wildman–Crippen LogP) is 5.91. The molecule has 0 aromatic carbocycles. The van der Waals surface area contributed by atoms with Gasteiger partial charge in [0.1, 0.15) is 5.82 Å². The van der Waals surface area contributed by atoms with Crippen LogP contribution in [-0.2, 0) is 4.79 Å². The molecule has 1 aliphatic heterocycles. The Kier molecular flexibility index (Phi) is 7.21. The van der Waals surface area contributed by atoms with Crippen molar-refractivity contribution >= 4 is 17.7 Å². The molecule has 3 aliphatic rings. The number of carbonyl (C=O) groups excluding carboxylic acids is 1. The molecule has 1 aromatic heterocycles. The molecule has 6 heteroatoms. The van der Waals surface area contributed by atoms with Crippen LogP contribution in [0.4, 0.5) is 0 Å². The van der Waals surface area contributed by atoms with Crippen molar-refractivity contribution in [2.45, 2.75) is 71.3 Å². The highest BCUT2D eigenvalue weighted by molar-refractivity contribution is 5.95. The van der Waals surface area contributed by atoms with Gasteiger partial charge in [-0.15, -0.1) is 0 Å². The van der Waals surface area contributed by atoms with Crippen LogP contribution in [0.2, 0.25) is 0 Å². The first-order valence-corrected chi connectivity index (χ1v) is 12.4. The molecule has 0 bridgehead atoms. The molecule has 2 atom stereocenters. The first kappa shape index (κ1) is 23.8. The third-order valence-corrected chi connectivity index (χ3v) is 7.39. The molecule has 4 rings (SSSR count). The van der Waals surface area contributed by atoms with Crippen LogP contribution in [0.1, 0.15) is 88.5 Å². The van der Waals surface area contributed by atoms with Gasteiger partial charge in [-0.25, -0.2) is 4.98 Å². The SMILES string of the molecule is C#[N+]/C=C\C=C/CNC(=O)C1=CC=C(c2nc([C@@H](C)CC3(CC)CC3)n3c2C(C)NC=C3)CC1. The van der Waals surface area contributed by atoms with E-state index >= 15 is 0 Å². The second kappa shape index (κ2) is 10.3. The minimum Gasteiger partial charge on any atom is -0.382 e. The highest BCUT2D eigenvalue weighted by atomic mass is 16.1. The van der Waals surface area contributed by atoms with Gasteiger partial charge in [0.2, 0.25) is 5.91 Å². The van der Waals surface area contributed by atoms with Crippen LogP contribution >= 0.6 is 0 Å². The second-order valence-electron chi connectivity index (χ2n) is 9.75. The van der Waals surface area contributed by atoms with E-state index < -0.39 is 0 Å². The summed E-state index contributed by atoms with van der Waals surface area (Å²) in [6.07, 6.45) is 21.7. The molecule has 0 radical (unpaired) electrons. The number of hydrogen-bond donors (Lipinski definition) is 2. The second-order valence-corrected chi connectivity index (χ2v) is 9.75. The minimum absolute atomic E-state index is 0.0270. The molecule has 0 spiro atoms. The lowest BCUT2D eigenvalue weighted by atomic mass is 9.90. The number of nitrogens with zero attached hydrogens (tertiary/aromatic N) is 3. The van der Waals surface area contributed by atoms with Crippen molar-refractivity contribution in [3.63, 3.8) is 0 Å². The molecule has 1 fully saturated rings. The van der Waals surface area contributed by atoms with Gasteiger partial charge in [-0.1, -0.05) is 44.6 Å². The van der Waals surface area contributed by atoms with Gasteiger partial charge in [-0.05, 0) is 54.9 Å². The average molecular weight is 459 g/mol. The Morgan fingerprint density at radius 2 is 2.21 bits per heavy atom. The Labute approximate surface area is 203 Å². The summed E-state index contributed by atoms with van der Waals surface area (Å²) >= 11 is 0. The molecule has 1 aromatic rings. The van der Waals surface area contributed by atoms with Gasteiger partial charge >= 0.3 is 6.20 Å². The quantitative estimate of drug-likeness (QED) is 0.452. The van der Waals surface area contributed by atoms with E-state index in [1.807, 2.05) is 18.4 Å². The van der Waals surface area contributed by atoms with Crippen molar-refractivity contribution in [1.29, 1.82) is 0 Å². The number of amides is 1. The van der Waals surface area contributed by atoms with Crippen LogP contribution in [0, 0.1) is 12.0 Å². The monoisotopic (exact) mass is 458 g/mol. The lowest BCUT2D eigenvalue weighted by Crippen LogP contribution is -2.25. The van der Waals surface area contributed by atoms with Crippen molar-refractivity contribution in [3.8, 4) is 6.57 Å². The average Bonchev–Trinajstić information content (AvgIpc) is 3.51. The lowest BCUT2D eigenvalue weighted by molar-refractivity contribution is -0.117. The molecule has 34 heavy (non-hydrogen) atoms. The van der Waals surface area contributed by atoms with E-state index in [9.17, 15) is 4.79 Å². The number of carbonyl (C=O) groups is 1. The maximum Gasteiger partial charge on any atom is 0.305 e. The lowest BCUT2D eigenvalue weighted by Gasteiger charge is -2.23. The Hall–Kier alpha value is -3.33. The number of rotatable bonds is 9. The Balaban J connectivity index is 1.52. The number of imidazole rings is 1. The molecule has 1 saturated carbocycles. The fourth-order valence-electron chi connectivity index (χ4n) is 5.11. The van der Waals surface area contributed by atoms with Crippen LogP contribution in [0.3, 0.4) is 0 Å². The molecule has 1 amide bonds. The van der Waals surface area contributed by atoms with Gasteiger partial charge in [0.25, 0.3) is 6.57 Å². The molecule has 2 N–H and O–H groups in total. The zero-order valence-electron chi connectivity index (χ0n) is 20.6. The molecule has 178 valence electrons. The van der Waals surface area contributed by atoms with Crippen molar-refractivity contribution < 1.29 is 4.79 Å². The number of aromatic nitrogens is 2. The standard InChI is InChI=1S/C28H35N5O/c1-5-28(13-14-28)19-20(2)26-32-24(25-21(3)30-17-18-33(25)26)22-9-11-23(12-10-22)27(34)31-16-8-6-7-15-29-4/h4,6-9,11,15,17-18,20-21,30H,5,10,12-14,16,19H2,1-3H3/p+1/b8-6-,15-7-/t20-,21?/m0/s1. The zero-order valence-corrected chi connectivity index (χ0v) is 20.6.